The number of amides is 1. The molecule has 7 nitrogen and oxygen atoms in total. The molecule has 1 atom stereocenters. The minimum absolute atomic E-state index is 0.0243. The Morgan fingerprint density at radius 3 is 2.50 bits per heavy atom. The molecule has 0 aliphatic carbocycles. The minimum Gasteiger partial charge on any atom is -0.488 e. The Kier molecular flexibility index (Phi) is 6.06. The number of hydrogen-bond acceptors (Lipinski definition) is 5. The molecule has 1 amide bonds. The first-order chi connectivity index (χ1) is 15.2. The van der Waals surface area contributed by atoms with Crippen molar-refractivity contribution < 1.29 is 17.9 Å². The summed E-state index contributed by atoms with van der Waals surface area (Å²) in [7, 11) is -3.21. The van der Waals surface area contributed by atoms with Crippen LogP contribution in [0.5, 0.6) is 5.75 Å². The smallest absolute Gasteiger partial charge is 0.221 e. The van der Waals surface area contributed by atoms with Crippen molar-refractivity contribution in [2.45, 2.75) is 44.2 Å². The largest absolute Gasteiger partial charge is 0.488 e. The maximum absolute atomic E-state index is 12.3. The van der Waals surface area contributed by atoms with Gasteiger partial charge in [-0.2, -0.15) is 5.10 Å². The van der Waals surface area contributed by atoms with Crippen molar-refractivity contribution in [2.24, 2.45) is 0 Å². The van der Waals surface area contributed by atoms with Crippen LogP contribution in [0.15, 0.2) is 53.4 Å². The lowest BCUT2D eigenvalue weighted by molar-refractivity contribution is -0.121. The Balaban J connectivity index is 1.32. The van der Waals surface area contributed by atoms with Gasteiger partial charge in [0.1, 0.15) is 11.9 Å². The molecule has 168 valence electrons. The Bertz CT molecular complexity index is 1250. The van der Waals surface area contributed by atoms with Gasteiger partial charge in [0.15, 0.2) is 9.84 Å². The summed E-state index contributed by atoms with van der Waals surface area (Å²) in [4.78, 5) is 12.6. The number of rotatable bonds is 7. The number of fused-ring (bicyclic) bond motifs is 1. The van der Waals surface area contributed by atoms with Gasteiger partial charge in [0.25, 0.3) is 0 Å². The van der Waals surface area contributed by atoms with Gasteiger partial charge in [-0.05, 0) is 60.9 Å². The van der Waals surface area contributed by atoms with Crippen LogP contribution in [0.4, 0.5) is 0 Å². The lowest BCUT2D eigenvalue weighted by Crippen LogP contribution is -2.34. The highest BCUT2D eigenvalue weighted by atomic mass is 32.2. The number of carbonyl (C=O) groups excluding carboxylic acids is 1. The maximum Gasteiger partial charge on any atom is 0.221 e. The summed E-state index contributed by atoms with van der Waals surface area (Å²) in [6.45, 7) is 4.92. The van der Waals surface area contributed by atoms with Crippen LogP contribution in [0.25, 0.3) is 11.1 Å². The summed E-state index contributed by atoms with van der Waals surface area (Å²) >= 11 is 0. The van der Waals surface area contributed by atoms with Gasteiger partial charge >= 0.3 is 0 Å². The minimum atomic E-state index is -3.21. The number of aromatic nitrogens is 2. The molecule has 0 fully saturated rings. The summed E-state index contributed by atoms with van der Waals surface area (Å²) in [5.41, 5.74) is 5.03. The number of carbonyl (C=O) groups is 1. The van der Waals surface area contributed by atoms with E-state index in [1.165, 1.54) is 6.26 Å². The third-order valence-electron chi connectivity index (χ3n) is 5.60. The van der Waals surface area contributed by atoms with Crippen molar-refractivity contribution in [3.8, 4) is 16.9 Å². The van der Waals surface area contributed by atoms with Crippen LogP contribution >= 0.6 is 0 Å². The first-order valence-electron chi connectivity index (χ1n) is 10.6. The molecule has 0 saturated carbocycles. The first kappa shape index (κ1) is 22.1. The Morgan fingerprint density at radius 1 is 1.12 bits per heavy atom. The van der Waals surface area contributed by atoms with E-state index in [-0.39, 0.29) is 12.0 Å². The fourth-order valence-corrected chi connectivity index (χ4v) is 4.56. The third-order valence-corrected chi connectivity index (χ3v) is 6.73. The zero-order chi connectivity index (χ0) is 22.9. The quantitative estimate of drug-likeness (QED) is 0.594. The monoisotopic (exact) mass is 453 g/mol. The highest BCUT2D eigenvalue weighted by Crippen LogP contribution is 2.33. The van der Waals surface area contributed by atoms with E-state index in [1.54, 1.807) is 12.1 Å². The predicted molar refractivity (Wildman–Crippen MR) is 122 cm³/mol. The number of aryl methyl sites for hydroxylation is 3. The summed E-state index contributed by atoms with van der Waals surface area (Å²) in [5, 5.41) is 7.34. The number of nitrogens with one attached hydrogen (secondary N) is 1. The van der Waals surface area contributed by atoms with Crippen LogP contribution < -0.4 is 10.1 Å². The molecule has 0 spiro atoms. The van der Waals surface area contributed by atoms with E-state index in [9.17, 15) is 13.2 Å². The number of nitrogens with zero attached hydrogens (tertiary/aromatic N) is 2. The van der Waals surface area contributed by atoms with Crippen LogP contribution in [-0.4, -0.2) is 43.0 Å². The van der Waals surface area contributed by atoms with Gasteiger partial charge in [-0.15, -0.1) is 0 Å². The van der Waals surface area contributed by atoms with Gasteiger partial charge in [-0.3, -0.25) is 9.48 Å². The predicted octanol–water partition coefficient (Wildman–Crippen LogP) is 3.08. The number of benzene rings is 2. The molecule has 1 N–H and O–H groups in total. The standard InChI is InChI=1S/C24H27N3O4S/c1-16-12-17(2)27(26-16)11-10-24(28)25-15-21-14-20-13-19(6-9-23(20)31-21)18-4-7-22(8-5-18)32(3,29)30/h4-9,12-13,21H,10-11,14-15H2,1-3H3,(H,25,28)/t21-/m1/s1. The molecular formula is C24H27N3O4S. The van der Waals surface area contributed by atoms with Crippen molar-refractivity contribution >= 4 is 15.7 Å². The van der Waals surface area contributed by atoms with Gasteiger partial charge in [0, 0.05) is 31.3 Å². The van der Waals surface area contributed by atoms with E-state index < -0.39 is 9.84 Å². The van der Waals surface area contributed by atoms with E-state index >= 15 is 0 Å². The average Bonchev–Trinajstić information content (AvgIpc) is 3.31. The first-order valence-corrected chi connectivity index (χ1v) is 12.5. The van der Waals surface area contributed by atoms with Gasteiger partial charge in [0.05, 0.1) is 17.1 Å². The molecule has 2 heterocycles. The van der Waals surface area contributed by atoms with E-state index in [2.05, 4.69) is 16.5 Å². The van der Waals surface area contributed by atoms with Crippen LogP contribution in [0, 0.1) is 13.8 Å². The highest BCUT2D eigenvalue weighted by molar-refractivity contribution is 7.90. The number of ether oxygens (including phenoxy) is 1. The summed E-state index contributed by atoms with van der Waals surface area (Å²) in [6, 6.07) is 14.8. The van der Waals surface area contributed by atoms with Crippen molar-refractivity contribution in [3.05, 3.63) is 65.5 Å². The van der Waals surface area contributed by atoms with E-state index in [0.29, 0.717) is 30.8 Å². The van der Waals surface area contributed by atoms with Gasteiger partial charge in [-0.25, -0.2) is 8.42 Å². The number of sulfone groups is 1. The zero-order valence-corrected chi connectivity index (χ0v) is 19.3. The normalized spacial score (nSPS) is 15.3. The molecule has 0 radical (unpaired) electrons. The van der Waals surface area contributed by atoms with E-state index in [0.717, 1.165) is 33.8 Å². The van der Waals surface area contributed by atoms with Gasteiger partial charge in [0.2, 0.25) is 5.91 Å². The molecular weight excluding hydrogens is 426 g/mol. The molecule has 1 aromatic heterocycles. The summed E-state index contributed by atoms with van der Waals surface area (Å²) in [6.07, 6.45) is 2.18. The molecule has 0 unspecified atom stereocenters. The molecule has 1 aliphatic heterocycles. The fourth-order valence-electron chi connectivity index (χ4n) is 3.93. The second kappa shape index (κ2) is 8.78. The van der Waals surface area contributed by atoms with Crippen LogP contribution in [0.1, 0.15) is 23.4 Å². The van der Waals surface area contributed by atoms with Crippen molar-refractivity contribution in [2.75, 3.05) is 12.8 Å². The zero-order valence-electron chi connectivity index (χ0n) is 18.5. The fraction of sp³-hybridized carbons (Fsp3) is 0.333. The van der Waals surface area contributed by atoms with Crippen LogP contribution in [0.2, 0.25) is 0 Å². The highest BCUT2D eigenvalue weighted by Gasteiger charge is 2.24. The van der Waals surface area contributed by atoms with Gasteiger partial charge < -0.3 is 10.1 Å². The molecule has 0 saturated heterocycles. The lowest BCUT2D eigenvalue weighted by atomic mass is 10.0. The third kappa shape index (κ3) is 5.02. The Hall–Kier alpha value is -3.13. The molecule has 0 bridgehead atoms. The SMILES string of the molecule is Cc1cc(C)n(CCC(=O)NC[C@H]2Cc3cc(-c4ccc(S(C)(=O)=O)cc4)ccc3O2)n1. The van der Waals surface area contributed by atoms with E-state index in [4.69, 9.17) is 4.74 Å². The maximum atomic E-state index is 12.3. The van der Waals surface area contributed by atoms with Crippen LogP contribution in [-0.2, 0) is 27.6 Å². The van der Waals surface area contributed by atoms with Gasteiger partial charge in [-0.1, -0.05) is 18.2 Å². The molecule has 1 aliphatic rings. The number of hydrogen-bond donors (Lipinski definition) is 1. The molecule has 8 heteroatoms. The van der Waals surface area contributed by atoms with Crippen molar-refractivity contribution in [3.63, 3.8) is 0 Å². The van der Waals surface area contributed by atoms with Crippen LogP contribution in [0.3, 0.4) is 0 Å². The molecule has 32 heavy (non-hydrogen) atoms. The topological polar surface area (TPSA) is 90.3 Å². The second-order valence-electron chi connectivity index (χ2n) is 8.27. The lowest BCUT2D eigenvalue weighted by Gasteiger charge is -2.12. The molecule has 2 aromatic carbocycles. The summed E-state index contributed by atoms with van der Waals surface area (Å²) in [5.74, 6) is 0.798. The van der Waals surface area contributed by atoms with Crippen molar-refractivity contribution in [1.29, 1.82) is 0 Å². The van der Waals surface area contributed by atoms with Crippen molar-refractivity contribution in [1.82, 2.24) is 15.1 Å². The Labute approximate surface area is 188 Å². The average molecular weight is 454 g/mol. The molecule has 4 rings (SSSR count). The summed E-state index contributed by atoms with van der Waals surface area (Å²) < 4.78 is 31.1. The Morgan fingerprint density at radius 2 is 1.84 bits per heavy atom. The second-order valence-corrected chi connectivity index (χ2v) is 10.3. The van der Waals surface area contributed by atoms with E-state index in [1.807, 2.05) is 48.9 Å². The molecule has 3 aromatic rings.